The van der Waals surface area contributed by atoms with E-state index in [-0.39, 0.29) is 5.91 Å². The van der Waals surface area contributed by atoms with Gasteiger partial charge in [0.2, 0.25) is 5.91 Å². The molecular formula is C21H19Cl2N3O2. The van der Waals surface area contributed by atoms with Crippen molar-refractivity contribution in [1.29, 1.82) is 0 Å². The smallest absolute Gasteiger partial charge is 0.246 e. The van der Waals surface area contributed by atoms with Gasteiger partial charge in [0.05, 0.1) is 10.7 Å². The summed E-state index contributed by atoms with van der Waals surface area (Å²) in [5.74, 6) is 0.364. The van der Waals surface area contributed by atoms with Crippen LogP contribution >= 0.6 is 23.2 Å². The molecule has 0 unspecified atom stereocenters. The maximum Gasteiger partial charge on any atom is 0.246 e. The van der Waals surface area contributed by atoms with Crippen molar-refractivity contribution in [2.75, 3.05) is 10.6 Å². The number of anilines is 2. The molecule has 0 saturated carbocycles. The second-order valence-electron chi connectivity index (χ2n) is 6.12. The van der Waals surface area contributed by atoms with Gasteiger partial charge in [-0.2, -0.15) is 0 Å². The number of pyridine rings is 1. The van der Waals surface area contributed by atoms with E-state index < -0.39 is 6.04 Å². The zero-order chi connectivity index (χ0) is 19.9. The number of benzene rings is 2. The number of carbonyl (C=O) groups is 1. The van der Waals surface area contributed by atoms with E-state index in [2.05, 4.69) is 15.6 Å². The molecule has 1 aromatic heterocycles. The molecule has 28 heavy (non-hydrogen) atoms. The van der Waals surface area contributed by atoms with E-state index in [0.717, 1.165) is 5.69 Å². The van der Waals surface area contributed by atoms with Gasteiger partial charge in [-0.1, -0.05) is 35.3 Å². The Labute approximate surface area is 173 Å². The van der Waals surface area contributed by atoms with Crippen LogP contribution in [0.2, 0.25) is 10.0 Å². The van der Waals surface area contributed by atoms with Gasteiger partial charge in [0.15, 0.2) is 0 Å². The predicted octanol–water partition coefficient (Wildman–Crippen LogP) is 5.41. The lowest BCUT2D eigenvalue weighted by molar-refractivity contribution is -0.116. The van der Waals surface area contributed by atoms with E-state index in [1.807, 2.05) is 24.3 Å². The molecule has 0 fully saturated rings. The number of nitrogens with one attached hydrogen (secondary N) is 2. The van der Waals surface area contributed by atoms with Crippen LogP contribution in [0.5, 0.6) is 5.75 Å². The lowest BCUT2D eigenvalue weighted by Crippen LogP contribution is -2.31. The molecular weight excluding hydrogens is 397 g/mol. The Bertz CT molecular complexity index is 951. The first-order valence-corrected chi connectivity index (χ1v) is 9.42. The molecule has 3 aromatic rings. The summed E-state index contributed by atoms with van der Waals surface area (Å²) in [5, 5.41) is 6.95. The number of amides is 1. The number of hydrogen-bond donors (Lipinski definition) is 2. The molecule has 1 amide bonds. The normalized spacial score (nSPS) is 11.5. The molecule has 1 atom stereocenters. The summed E-state index contributed by atoms with van der Waals surface area (Å²) in [6.45, 7) is 2.09. The fourth-order valence-electron chi connectivity index (χ4n) is 2.48. The van der Waals surface area contributed by atoms with Gasteiger partial charge in [0, 0.05) is 22.6 Å². The maximum absolute atomic E-state index is 12.4. The van der Waals surface area contributed by atoms with Crippen molar-refractivity contribution in [2.45, 2.75) is 19.6 Å². The van der Waals surface area contributed by atoms with Gasteiger partial charge < -0.3 is 15.4 Å². The zero-order valence-electron chi connectivity index (χ0n) is 15.2. The first kappa shape index (κ1) is 20.0. The van der Waals surface area contributed by atoms with E-state index in [4.69, 9.17) is 27.9 Å². The van der Waals surface area contributed by atoms with Crippen LogP contribution in [0.1, 0.15) is 12.6 Å². The molecule has 0 bridgehead atoms. The highest BCUT2D eigenvalue weighted by Gasteiger charge is 2.14. The van der Waals surface area contributed by atoms with Crippen molar-refractivity contribution >= 4 is 40.5 Å². The number of rotatable bonds is 7. The van der Waals surface area contributed by atoms with Crippen LogP contribution in [0.25, 0.3) is 0 Å². The Morgan fingerprint density at radius 1 is 1.07 bits per heavy atom. The molecule has 0 spiro atoms. The van der Waals surface area contributed by atoms with E-state index in [1.54, 1.807) is 49.5 Å². The SMILES string of the molecule is C[C@@H](Nc1ccc(OCc2ccccn2)c(Cl)c1)C(=O)Nc1cccc(Cl)c1. The molecule has 0 aliphatic carbocycles. The van der Waals surface area contributed by atoms with Crippen LogP contribution in [-0.4, -0.2) is 16.9 Å². The Hall–Kier alpha value is -2.76. The van der Waals surface area contributed by atoms with E-state index >= 15 is 0 Å². The molecule has 5 nitrogen and oxygen atoms in total. The average Bonchev–Trinajstić information content (AvgIpc) is 2.68. The fraction of sp³-hybridized carbons (Fsp3) is 0.143. The van der Waals surface area contributed by atoms with Gasteiger partial charge in [-0.3, -0.25) is 9.78 Å². The molecule has 2 N–H and O–H groups in total. The molecule has 2 aromatic carbocycles. The molecule has 0 radical (unpaired) electrons. The second-order valence-corrected chi connectivity index (χ2v) is 6.96. The minimum atomic E-state index is -0.477. The van der Waals surface area contributed by atoms with Gasteiger partial charge in [-0.15, -0.1) is 0 Å². The number of aromatic nitrogens is 1. The number of carbonyl (C=O) groups excluding carboxylic acids is 1. The van der Waals surface area contributed by atoms with Gasteiger partial charge in [0.25, 0.3) is 0 Å². The van der Waals surface area contributed by atoms with Crippen LogP contribution in [0.15, 0.2) is 66.9 Å². The topological polar surface area (TPSA) is 63.2 Å². The summed E-state index contributed by atoms with van der Waals surface area (Å²) in [6.07, 6.45) is 1.71. The minimum Gasteiger partial charge on any atom is -0.486 e. The molecule has 144 valence electrons. The molecule has 0 aliphatic rings. The lowest BCUT2D eigenvalue weighted by atomic mass is 10.2. The van der Waals surface area contributed by atoms with Gasteiger partial charge >= 0.3 is 0 Å². The highest BCUT2D eigenvalue weighted by Crippen LogP contribution is 2.28. The van der Waals surface area contributed by atoms with Crippen molar-refractivity contribution in [2.24, 2.45) is 0 Å². The van der Waals surface area contributed by atoms with Crippen molar-refractivity contribution in [1.82, 2.24) is 4.98 Å². The van der Waals surface area contributed by atoms with Crippen molar-refractivity contribution in [3.63, 3.8) is 0 Å². The summed E-state index contributed by atoms with van der Waals surface area (Å²) in [5.41, 5.74) is 2.17. The highest BCUT2D eigenvalue weighted by atomic mass is 35.5. The highest BCUT2D eigenvalue weighted by molar-refractivity contribution is 6.32. The average molecular weight is 416 g/mol. The van der Waals surface area contributed by atoms with Crippen LogP contribution < -0.4 is 15.4 Å². The van der Waals surface area contributed by atoms with E-state index in [0.29, 0.717) is 33.8 Å². The lowest BCUT2D eigenvalue weighted by Gasteiger charge is -2.16. The van der Waals surface area contributed by atoms with Gasteiger partial charge in [0.1, 0.15) is 18.4 Å². The summed E-state index contributed by atoms with van der Waals surface area (Å²) in [7, 11) is 0. The van der Waals surface area contributed by atoms with Crippen molar-refractivity contribution < 1.29 is 9.53 Å². The zero-order valence-corrected chi connectivity index (χ0v) is 16.7. The third-order valence-corrected chi connectivity index (χ3v) is 4.43. The van der Waals surface area contributed by atoms with E-state index in [1.165, 1.54) is 0 Å². The Kier molecular flexibility index (Phi) is 6.74. The first-order chi connectivity index (χ1) is 13.5. The monoisotopic (exact) mass is 415 g/mol. The van der Waals surface area contributed by atoms with Crippen LogP contribution in [0.4, 0.5) is 11.4 Å². The van der Waals surface area contributed by atoms with Gasteiger partial charge in [-0.25, -0.2) is 0 Å². The van der Waals surface area contributed by atoms with Crippen LogP contribution in [-0.2, 0) is 11.4 Å². The summed E-state index contributed by atoms with van der Waals surface area (Å²) < 4.78 is 5.71. The van der Waals surface area contributed by atoms with Crippen LogP contribution in [0.3, 0.4) is 0 Å². The molecule has 7 heteroatoms. The molecule has 1 heterocycles. The summed E-state index contributed by atoms with van der Waals surface area (Å²) in [4.78, 5) is 16.6. The largest absolute Gasteiger partial charge is 0.486 e. The summed E-state index contributed by atoms with van der Waals surface area (Å²) in [6, 6.07) is 17.4. The molecule has 0 saturated heterocycles. The molecule has 0 aliphatic heterocycles. The fourth-order valence-corrected chi connectivity index (χ4v) is 2.90. The molecule has 3 rings (SSSR count). The summed E-state index contributed by atoms with van der Waals surface area (Å²) >= 11 is 12.2. The Morgan fingerprint density at radius 2 is 1.93 bits per heavy atom. The first-order valence-electron chi connectivity index (χ1n) is 8.66. The Balaban J connectivity index is 1.57. The predicted molar refractivity (Wildman–Crippen MR) is 113 cm³/mol. The number of ether oxygens (including phenoxy) is 1. The maximum atomic E-state index is 12.4. The van der Waals surface area contributed by atoms with Crippen LogP contribution in [0, 0.1) is 0 Å². The van der Waals surface area contributed by atoms with Crippen molar-refractivity contribution in [3.8, 4) is 5.75 Å². The Morgan fingerprint density at radius 3 is 2.64 bits per heavy atom. The van der Waals surface area contributed by atoms with E-state index in [9.17, 15) is 4.79 Å². The third kappa shape index (κ3) is 5.62. The number of halogens is 2. The number of hydrogen-bond acceptors (Lipinski definition) is 4. The third-order valence-electron chi connectivity index (χ3n) is 3.90. The quantitative estimate of drug-likeness (QED) is 0.541. The minimum absolute atomic E-state index is 0.186. The standard InChI is InChI=1S/C21H19Cl2N3O2/c1-14(21(27)26-16-7-4-5-15(22)11-16)25-17-8-9-20(19(23)12-17)28-13-18-6-2-3-10-24-18/h2-12,14,25H,13H2,1H3,(H,26,27)/t14-/m1/s1. The number of nitrogens with zero attached hydrogens (tertiary/aromatic N) is 1. The van der Waals surface area contributed by atoms with Gasteiger partial charge in [-0.05, 0) is 55.5 Å². The van der Waals surface area contributed by atoms with Crippen molar-refractivity contribution in [3.05, 3.63) is 82.6 Å². The second kappa shape index (κ2) is 9.44.